The summed E-state index contributed by atoms with van der Waals surface area (Å²) in [7, 11) is 3.32. The van der Waals surface area contributed by atoms with E-state index in [1.165, 1.54) is 13.2 Å². The first-order valence-electron chi connectivity index (χ1n) is 5.40. The lowest BCUT2D eigenvalue weighted by molar-refractivity contribution is 0.386. The smallest absolute Gasteiger partial charge is 0.165 e. The minimum absolute atomic E-state index is 0.0204. The van der Waals surface area contributed by atoms with E-state index in [0.717, 1.165) is 14.9 Å². The molecule has 2 nitrogen and oxygen atoms in total. The van der Waals surface area contributed by atoms with Gasteiger partial charge in [0.15, 0.2) is 11.6 Å². The van der Waals surface area contributed by atoms with Crippen LogP contribution in [0.15, 0.2) is 33.4 Å². The van der Waals surface area contributed by atoms with E-state index >= 15 is 0 Å². The molecule has 0 bridgehead atoms. The summed E-state index contributed by atoms with van der Waals surface area (Å²) < 4.78 is 19.7. The molecule has 1 heterocycles. The molecule has 0 fully saturated rings. The fraction of sp³-hybridized carbons (Fsp3) is 0.231. The maximum Gasteiger partial charge on any atom is 0.165 e. The topological polar surface area (TPSA) is 21.3 Å². The number of hydrogen-bond donors (Lipinski definition) is 1. The van der Waals surface area contributed by atoms with Crippen molar-refractivity contribution in [3.05, 3.63) is 50.4 Å². The maximum atomic E-state index is 13.7. The molecule has 96 valence electrons. The van der Waals surface area contributed by atoms with E-state index in [1.54, 1.807) is 17.4 Å². The summed E-state index contributed by atoms with van der Waals surface area (Å²) >= 11 is 5.05. The molecule has 1 atom stereocenters. The maximum absolute atomic E-state index is 13.7. The Kier molecular flexibility index (Phi) is 4.37. The Bertz CT molecular complexity index is 544. The summed E-state index contributed by atoms with van der Waals surface area (Å²) in [5.74, 6) is -0.0790. The van der Waals surface area contributed by atoms with Gasteiger partial charge in [0.25, 0.3) is 0 Å². The monoisotopic (exact) mass is 329 g/mol. The number of benzene rings is 1. The fourth-order valence-electron chi connectivity index (χ4n) is 1.86. The number of ether oxygens (including phenoxy) is 1. The second-order valence-corrected chi connectivity index (χ2v) is 6.09. The Morgan fingerprint density at radius 3 is 2.61 bits per heavy atom. The molecular weight excluding hydrogens is 317 g/mol. The number of thiophene rings is 1. The molecule has 1 aromatic heterocycles. The lowest BCUT2D eigenvalue weighted by Crippen LogP contribution is -2.17. The molecule has 0 saturated carbocycles. The zero-order valence-corrected chi connectivity index (χ0v) is 12.4. The summed E-state index contributed by atoms with van der Waals surface area (Å²) in [5, 5.41) is 5.24. The van der Waals surface area contributed by atoms with Gasteiger partial charge in [-0.1, -0.05) is 6.07 Å². The van der Waals surface area contributed by atoms with Crippen LogP contribution in [0.3, 0.4) is 0 Å². The van der Waals surface area contributed by atoms with Gasteiger partial charge in [-0.2, -0.15) is 0 Å². The molecule has 0 aliphatic heterocycles. The molecule has 0 spiro atoms. The predicted octanol–water partition coefficient (Wildman–Crippen LogP) is 3.97. The normalized spacial score (nSPS) is 12.4. The van der Waals surface area contributed by atoms with Gasteiger partial charge in [-0.15, -0.1) is 11.3 Å². The average Bonchev–Trinajstić information content (AvgIpc) is 2.77. The van der Waals surface area contributed by atoms with Crippen LogP contribution >= 0.6 is 27.3 Å². The molecule has 1 unspecified atom stereocenters. The summed E-state index contributed by atoms with van der Waals surface area (Å²) in [6.07, 6.45) is 0. The van der Waals surface area contributed by atoms with Crippen molar-refractivity contribution in [1.29, 1.82) is 0 Å². The molecular formula is C13H13BrFNOS. The van der Waals surface area contributed by atoms with Crippen molar-refractivity contribution in [2.75, 3.05) is 14.2 Å². The molecule has 1 aromatic carbocycles. The van der Waals surface area contributed by atoms with Gasteiger partial charge in [-0.25, -0.2) is 4.39 Å². The van der Waals surface area contributed by atoms with Crippen molar-refractivity contribution in [2.24, 2.45) is 0 Å². The van der Waals surface area contributed by atoms with Crippen molar-refractivity contribution >= 4 is 27.3 Å². The van der Waals surface area contributed by atoms with Crippen LogP contribution in [0.2, 0.25) is 0 Å². The van der Waals surface area contributed by atoms with Crippen molar-refractivity contribution in [2.45, 2.75) is 6.04 Å². The third kappa shape index (κ3) is 2.74. The van der Waals surface area contributed by atoms with E-state index in [0.29, 0.717) is 0 Å². The number of halogens is 2. The predicted molar refractivity (Wildman–Crippen MR) is 75.9 cm³/mol. The van der Waals surface area contributed by atoms with Crippen molar-refractivity contribution in [3.63, 3.8) is 0 Å². The quantitative estimate of drug-likeness (QED) is 0.916. The molecule has 0 aliphatic rings. The van der Waals surface area contributed by atoms with Crippen molar-refractivity contribution in [3.8, 4) is 5.75 Å². The number of nitrogens with one attached hydrogen (secondary N) is 1. The van der Waals surface area contributed by atoms with Crippen molar-refractivity contribution < 1.29 is 9.13 Å². The lowest BCUT2D eigenvalue weighted by Gasteiger charge is -2.16. The summed E-state index contributed by atoms with van der Waals surface area (Å²) in [5.41, 5.74) is 1.99. The summed E-state index contributed by atoms with van der Waals surface area (Å²) in [6, 6.07) is 7.04. The third-order valence-electron chi connectivity index (χ3n) is 2.72. The molecule has 2 aromatic rings. The second kappa shape index (κ2) is 5.82. The van der Waals surface area contributed by atoms with Gasteiger partial charge in [0.2, 0.25) is 0 Å². The Hall–Kier alpha value is -0.910. The fourth-order valence-corrected chi connectivity index (χ4v) is 3.06. The average molecular weight is 330 g/mol. The Morgan fingerprint density at radius 1 is 1.33 bits per heavy atom. The third-order valence-corrected chi connectivity index (χ3v) is 4.24. The minimum Gasteiger partial charge on any atom is -0.494 e. The van der Waals surface area contributed by atoms with Crippen LogP contribution in [-0.4, -0.2) is 14.2 Å². The highest BCUT2D eigenvalue weighted by atomic mass is 79.9. The molecule has 1 N–H and O–H groups in total. The van der Waals surface area contributed by atoms with Crippen LogP contribution < -0.4 is 10.1 Å². The molecule has 0 saturated heterocycles. The Morgan fingerprint density at radius 2 is 2.11 bits per heavy atom. The Labute approximate surface area is 118 Å². The first-order valence-corrected chi connectivity index (χ1v) is 7.07. The van der Waals surface area contributed by atoms with Gasteiger partial charge < -0.3 is 10.1 Å². The zero-order chi connectivity index (χ0) is 13.1. The summed E-state index contributed by atoms with van der Waals surface area (Å²) in [6.45, 7) is 0. The van der Waals surface area contributed by atoms with Gasteiger partial charge in [0, 0.05) is 0 Å². The highest BCUT2D eigenvalue weighted by Crippen LogP contribution is 2.30. The Balaban J connectivity index is 2.36. The molecule has 5 heteroatoms. The van der Waals surface area contributed by atoms with E-state index in [4.69, 9.17) is 4.74 Å². The van der Waals surface area contributed by atoms with E-state index in [9.17, 15) is 4.39 Å². The number of rotatable bonds is 4. The van der Waals surface area contributed by atoms with Crippen LogP contribution in [-0.2, 0) is 0 Å². The largest absolute Gasteiger partial charge is 0.494 e. The van der Waals surface area contributed by atoms with Crippen molar-refractivity contribution in [1.82, 2.24) is 5.32 Å². The van der Waals surface area contributed by atoms with Gasteiger partial charge >= 0.3 is 0 Å². The summed E-state index contributed by atoms with van der Waals surface area (Å²) in [4.78, 5) is 0. The van der Waals surface area contributed by atoms with E-state index in [-0.39, 0.29) is 17.6 Å². The molecule has 0 radical (unpaired) electrons. The first-order chi connectivity index (χ1) is 8.65. The second-order valence-electron chi connectivity index (χ2n) is 3.80. The molecule has 0 aliphatic carbocycles. The van der Waals surface area contributed by atoms with Crippen LogP contribution in [0.25, 0.3) is 0 Å². The first kappa shape index (κ1) is 13.5. The van der Waals surface area contributed by atoms with Gasteiger partial charge in [0.1, 0.15) is 0 Å². The zero-order valence-electron chi connectivity index (χ0n) is 10.0. The van der Waals surface area contributed by atoms with Gasteiger partial charge in [-0.3, -0.25) is 0 Å². The van der Waals surface area contributed by atoms with Gasteiger partial charge in [-0.05, 0) is 57.7 Å². The van der Waals surface area contributed by atoms with Crippen LogP contribution in [0.4, 0.5) is 4.39 Å². The van der Waals surface area contributed by atoms with Crippen LogP contribution in [0.5, 0.6) is 5.75 Å². The SMILES string of the molecule is CNC(c1csc(Br)c1)c1ccc(OC)c(F)c1. The molecule has 2 rings (SSSR count). The van der Waals surface area contributed by atoms with Crippen LogP contribution in [0.1, 0.15) is 17.2 Å². The number of methoxy groups -OCH3 is 1. The number of hydrogen-bond acceptors (Lipinski definition) is 3. The van der Waals surface area contributed by atoms with E-state index < -0.39 is 0 Å². The van der Waals surface area contributed by atoms with E-state index in [2.05, 4.69) is 21.2 Å². The highest BCUT2D eigenvalue weighted by molar-refractivity contribution is 9.11. The highest BCUT2D eigenvalue weighted by Gasteiger charge is 2.15. The molecule has 18 heavy (non-hydrogen) atoms. The minimum atomic E-state index is -0.343. The van der Waals surface area contributed by atoms with Gasteiger partial charge in [0.05, 0.1) is 16.9 Å². The standard InChI is InChI=1S/C13H13BrFNOS/c1-16-13(9-6-12(14)18-7-9)8-3-4-11(17-2)10(15)5-8/h3-7,13,16H,1-2H3. The lowest BCUT2D eigenvalue weighted by atomic mass is 10.0. The molecule has 0 amide bonds. The van der Waals surface area contributed by atoms with E-state index in [1.807, 2.05) is 24.6 Å². The van der Waals surface area contributed by atoms with Crippen LogP contribution in [0, 0.1) is 5.82 Å².